The molecule has 0 amide bonds. The molecule has 0 atom stereocenters. The molecule has 0 saturated carbocycles. The highest BCUT2D eigenvalue weighted by atomic mass is 32.1. The largest absolute Gasteiger partial charge is 0.380 e. The monoisotopic (exact) mass is 168 g/mol. The van der Waals surface area contributed by atoms with Crippen molar-refractivity contribution in [3.05, 3.63) is 24.5 Å². The van der Waals surface area contributed by atoms with Crippen molar-refractivity contribution in [1.29, 1.82) is 0 Å². The van der Waals surface area contributed by atoms with Gasteiger partial charge in [-0.25, -0.2) is 0 Å². The molecule has 1 aromatic rings. The fraction of sp³-hybridized carbons (Fsp3) is 0.375. The van der Waals surface area contributed by atoms with Gasteiger partial charge >= 0.3 is 0 Å². The Morgan fingerprint density at radius 2 is 2.00 bits per heavy atom. The van der Waals surface area contributed by atoms with Crippen LogP contribution in [0, 0.1) is 0 Å². The van der Waals surface area contributed by atoms with E-state index < -0.39 is 0 Å². The van der Waals surface area contributed by atoms with Crippen LogP contribution in [0.15, 0.2) is 24.5 Å². The fourth-order valence-corrected chi connectivity index (χ4v) is 1.09. The Hall–Kier alpha value is -0.830. The average molecular weight is 168 g/mol. The van der Waals surface area contributed by atoms with Gasteiger partial charge in [0, 0.05) is 18.9 Å². The van der Waals surface area contributed by atoms with Gasteiger partial charge in [-0.15, -0.1) is 0 Å². The van der Waals surface area contributed by atoms with Gasteiger partial charge in [-0.3, -0.25) is 0 Å². The highest BCUT2D eigenvalue weighted by molar-refractivity contribution is 7.80. The van der Waals surface area contributed by atoms with Gasteiger partial charge in [-0.05, 0) is 25.0 Å². The summed E-state index contributed by atoms with van der Waals surface area (Å²) >= 11 is 4.81. The van der Waals surface area contributed by atoms with E-state index in [1.165, 1.54) is 6.42 Å². The number of nitrogens with one attached hydrogen (secondary N) is 2. The molecule has 1 aliphatic rings. The summed E-state index contributed by atoms with van der Waals surface area (Å²) in [6.07, 6.45) is 6.09. The second-order valence-electron chi connectivity index (χ2n) is 2.34. The van der Waals surface area contributed by atoms with Crippen molar-refractivity contribution in [2.45, 2.75) is 12.8 Å². The minimum atomic E-state index is 1.04. The second kappa shape index (κ2) is 4.91. The molecule has 0 radical (unpaired) electrons. The molecule has 1 aliphatic heterocycles. The molecular formula is C8H12N2S. The number of aromatic amines is 1. The summed E-state index contributed by atoms with van der Waals surface area (Å²) in [4.78, 5) is 3.90. The van der Waals surface area contributed by atoms with Crippen LogP contribution in [0.2, 0.25) is 0 Å². The van der Waals surface area contributed by atoms with Gasteiger partial charge in [0.2, 0.25) is 0 Å². The first-order valence-corrected chi connectivity index (χ1v) is 4.15. The van der Waals surface area contributed by atoms with E-state index in [2.05, 4.69) is 10.3 Å². The van der Waals surface area contributed by atoms with Crippen LogP contribution >= 0.6 is 12.2 Å². The lowest BCUT2D eigenvalue weighted by atomic mass is 10.4. The Kier molecular flexibility index (Phi) is 3.69. The van der Waals surface area contributed by atoms with Gasteiger partial charge in [0.1, 0.15) is 0 Å². The zero-order chi connectivity index (χ0) is 7.94. The van der Waals surface area contributed by atoms with Crippen molar-refractivity contribution in [2.75, 3.05) is 6.54 Å². The van der Waals surface area contributed by atoms with Crippen LogP contribution < -0.4 is 5.32 Å². The third kappa shape index (κ3) is 3.78. The Labute approximate surface area is 72.0 Å². The molecule has 1 saturated heterocycles. The van der Waals surface area contributed by atoms with Crippen LogP contribution in [-0.4, -0.2) is 16.5 Å². The summed E-state index contributed by atoms with van der Waals surface area (Å²) in [5.41, 5.74) is 0. The smallest absolute Gasteiger partial charge is 0.0754 e. The molecule has 2 heterocycles. The molecule has 3 heteroatoms. The van der Waals surface area contributed by atoms with E-state index in [0.717, 1.165) is 18.0 Å². The lowest BCUT2D eigenvalue weighted by Gasteiger charge is -1.84. The van der Waals surface area contributed by atoms with Crippen molar-refractivity contribution < 1.29 is 0 Å². The predicted octanol–water partition coefficient (Wildman–Crippen LogP) is 1.71. The molecule has 2 nitrogen and oxygen atoms in total. The maximum atomic E-state index is 4.81. The highest BCUT2D eigenvalue weighted by Gasteiger charge is 2.01. The lowest BCUT2D eigenvalue weighted by Crippen LogP contribution is -2.10. The maximum Gasteiger partial charge on any atom is 0.0754 e. The van der Waals surface area contributed by atoms with Crippen LogP contribution in [0.4, 0.5) is 0 Å². The minimum Gasteiger partial charge on any atom is -0.380 e. The van der Waals surface area contributed by atoms with Gasteiger partial charge in [-0.1, -0.05) is 12.2 Å². The van der Waals surface area contributed by atoms with Crippen molar-refractivity contribution in [1.82, 2.24) is 10.3 Å². The SMILES string of the molecule is S=C1CCCN1.c1cc[nH]c1. The molecule has 0 unspecified atom stereocenters. The van der Waals surface area contributed by atoms with Gasteiger partial charge in [0.15, 0.2) is 0 Å². The normalized spacial score (nSPS) is 15.1. The molecular weight excluding hydrogens is 156 g/mol. The Bertz CT molecular complexity index is 169. The molecule has 0 aliphatic carbocycles. The Morgan fingerprint density at radius 1 is 1.27 bits per heavy atom. The van der Waals surface area contributed by atoms with E-state index in [1.54, 1.807) is 0 Å². The fourth-order valence-electron chi connectivity index (χ4n) is 0.843. The lowest BCUT2D eigenvalue weighted by molar-refractivity contribution is 0.913. The van der Waals surface area contributed by atoms with Crippen LogP contribution in [0.3, 0.4) is 0 Å². The average Bonchev–Trinajstić information content (AvgIpc) is 2.57. The summed E-state index contributed by atoms with van der Waals surface area (Å²) in [6.45, 7) is 1.10. The summed E-state index contributed by atoms with van der Waals surface area (Å²) in [7, 11) is 0. The maximum absolute atomic E-state index is 4.81. The van der Waals surface area contributed by atoms with Gasteiger partial charge in [0.05, 0.1) is 4.99 Å². The number of hydrogen-bond donors (Lipinski definition) is 2. The molecule has 2 rings (SSSR count). The number of aromatic nitrogens is 1. The van der Waals surface area contributed by atoms with Crippen molar-refractivity contribution in [3.63, 3.8) is 0 Å². The summed E-state index contributed by atoms with van der Waals surface area (Å²) in [5, 5.41) is 3.05. The summed E-state index contributed by atoms with van der Waals surface area (Å²) in [5.74, 6) is 0. The van der Waals surface area contributed by atoms with Crippen LogP contribution in [-0.2, 0) is 0 Å². The van der Waals surface area contributed by atoms with E-state index in [9.17, 15) is 0 Å². The summed E-state index contributed by atoms with van der Waals surface area (Å²) in [6, 6.07) is 3.89. The number of hydrogen-bond acceptors (Lipinski definition) is 1. The molecule has 0 bridgehead atoms. The molecule has 1 fully saturated rings. The van der Waals surface area contributed by atoms with E-state index in [1.807, 2.05) is 24.5 Å². The predicted molar refractivity (Wildman–Crippen MR) is 50.6 cm³/mol. The third-order valence-electron chi connectivity index (χ3n) is 1.40. The first-order valence-electron chi connectivity index (χ1n) is 3.74. The molecule has 60 valence electrons. The summed E-state index contributed by atoms with van der Waals surface area (Å²) < 4.78 is 0. The first-order chi connectivity index (χ1) is 5.39. The third-order valence-corrected chi connectivity index (χ3v) is 1.75. The van der Waals surface area contributed by atoms with Gasteiger partial charge in [-0.2, -0.15) is 0 Å². The quantitative estimate of drug-likeness (QED) is 0.577. The highest BCUT2D eigenvalue weighted by Crippen LogP contribution is 1.96. The first kappa shape index (κ1) is 8.27. The topological polar surface area (TPSA) is 27.8 Å². The number of rotatable bonds is 0. The Balaban J connectivity index is 0.000000112. The van der Waals surface area contributed by atoms with E-state index >= 15 is 0 Å². The zero-order valence-electron chi connectivity index (χ0n) is 6.34. The minimum absolute atomic E-state index is 1.04. The number of thiocarbonyl (C=S) groups is 1. The van der Waals surface area contributed by atoms with Crippen LogP contribution in [0.1, 0.15) is 12.8 Å². The second-order valence-corrected chi connectivity index (χ2v) is 2.83. The zero-order valence-corrected chi connectivity index (χ0v) is 7.16. The Morgan fingerprint density at radius 3 is 2.18 bits per heavy atom. The number of H-pyrrole nitrogens is 1. The molecule has 11 heavy (non-hydrogen) atoms. The van der Waals surface area contributed by atoms with Gasteiger partial charge in [0.25, 0.3) is 0 Å². The van der Waals surface area contributed by atoms with Gasteiger partial charge < -0.3 is 10.3 Å². The van der Waals surface area contributed by atoms with E-state index in [0.29, 0.717) is 0 Å². The van der Waals surface area contributed by atoms with E-state index in [4.69, 9.17) is 12.2 Å². The molecule has 1 aromatic heterocycles. The van der Waals surface area contributed by atoms with Crippen molar-refractivity contribution >= 4 is 17.2 Å². The molecule has 2 N–H and O–H groups in total. The van der Waals surface area contributed by atoms with Crippen LogP contribution in [0.5, 0.6) is 0 Å². The molecule has 0 spiro atoms. The van der Waals surface area contributed by atoms with E-state index in [-0.39, 0.29) is 0 Å². The van der Waals surface area contributed by atoms with Crippen LogP contribution in [0.25, 0.3) is 0 Å². The standard InChI is InChI=1S/C4H7NS.C4H5N/c6-4-2-1-3-5-4;1-2-4-5-3-1/h1-3H2,(H,5,6);1-5H. The van der Waals surface area contributed by atoms with Crippen molar-refractivity contribution in [2.24, 2.45) is 0 Å². The van der Waals surface area contributed by atoms with Crippen molar-refractivity contribution in [3.8, 4) is 0 Å². The molecule has 0 aromatic carbocycles.